The maximum Gasteiger partial charge on any atom is 0.249 e. The Morgan fingerprint density at radius 3 is 2.70 bits per heavy atom. The fraction of sp³-hybridized carbons (Fsp3) is 0.381. The third-order valence-electron chi connectivity index (χ3n) is 4.50. The van der Waals surface area contributed by atoms with E-state index >= 15 is 0 Å². The highest BCUT2D eigenvalue weighted by Gasteiger charge is 2.30. The van der Waals surface area contributed by atoms with E-state index in [0.717, 1.165) is 29.7 Å². The van der Waals surface area contributed by atoms with Gasteiger partial charge in [0.15, 0.2) is 5.65 Å². The van der Waals surface area contributed by atoms with Crippen molar-refractivity contribution < 1.29 is 9.53 Å². The first kappa shape index (κ1) is 17.7. The molecule has 0 aliphatic heterocycles. The third-order valence-corrected chi connectivity index (χ3v) is 4.50. The minimum Gasteiger partial charge on any atom is -0.371 e. The zero-order chi connectivity index (χ0) is 19.0. The number of anilines is 1. The number of ether oxygens (including phenoxy) is 1. The Kier molecular flexibility index (Phi) is 4.44. The molecule has 0 spiro atoms. The molecule has 1 amide bonds. The van der Waals surface area contributed by atoms with Crippen LogP contribution in [0.1, 0.15) is 39.2 Å². The van der Waals surface area contributed by atoms with Gasteiger partial charge in [0.25, 0.3) is 0 Å². The minimum atomic E-state index is -0.216. The standard InChI is InChI=1S/C21H24N4O2/c1-21(2,3)27-13-15-7-4-5-8-16(15)17-9-6-10-18-22-20(24-25(17)18)23-19(26)14-11-12-14/h4-10,14H,11-13H2,1-3H3,(H,23,24,26). The first-order valence-electron chi connectivity index (χ1n) is 9.30. The van der Waals surface area contributed by atoms with Crippen molar-refractivity contribution >= 4 is 17.5 Å². The Hall–Kier alpha value is -2.73. The van der Waals surface area contributed by atoms with Crippen molar-refractivity contribution in [2.45, 2.75) is 45.8 Å². The summed E-state index contributed by atoms with van der Waals surface area (Å²) in [7, 11) is 0. The average molecular weight is 364 g/mol. The van der Waals surface area contributed by atoms with Crippen molar-refractivity contribution in [2.24, 2.45) is 5.92 Å². The van der Waals surface area contributed by atoms with Crippen molar-refractivity contribution in [3.8, 4) is 11.3 Å². The summed E-state index contributed by atoms with van der Waals surface area (Å²) in [6, 6.07) is 14.0. The molecule has 0 atom stereocenters. The van der Waals surface area contributed by atoms with E-state index in [2.05, 4.69) is 27.5 Å². The molecule has 1 fully saturated rings. The van der Waals surface area contributed by atoms with Gasteiger partial charge in [0.05, 0.1) is 17.9 Å². The van der Waals surface area contributed by atoms with Gasteiger partial charge in [0, 0.05) is 11.5 Å². The molecule has 0 unspecified atom stereocenters. The maximum atomic E-state index is 12.0. The van der Waals surface area contributed by atoms with E-state index in [-0.39, 0.29) is 17.4 Å². The van der Waals surface area contributed by atoms with Crippen LogP contribution >= 0.6 is 0 Å². The smallest absolute Gasteiger partial charge is 0.249 e. The lowest BCUT2D eigenvalue weighted by Crippen LogP contribution is -2.19. The van der Waals surface area contributed by atoms with Gasteiger partial charge < -0.3 is 4.74 Å². The molecule has 2 heterocycles. The van der Waals surface area contributed by atoms with Crippen molar-refractivity contribution in [3.63, 3.8) is 0 Å². The molecule has 6 nitrogen and oxygen atoms in total. The lowest BCUT2D eigenvalue weighted by molar-refractivity contribution is -0.117. The predicted octanol–water partition coefficient (Wildman–Crippen LogP) is 4.06. The fourth-order valence-corrected chi connectivity index (χ4v) is 2.91. The molecular weight excluding hydrogens is 340 g/mol. The normalized spacial score (nSPS) is 14.5. The summed E-state index contributed by atoms with van der Waals surface area (Å²) in [5.41, 5.74) is 3.52. The van der Waals surface area contributed by atoms with Crippen LogP contribution in [-0.2, 0) is 16.1 Å². The van der Waals surface area contributed by atoms with E-state index in [0.29, 0.717) is 18.2 Å². The number of amides is 1. The van der Waals surface area contributed by atoms with E-state index in [1.54, 1.807) is 4.52 Å². The highest BCUT2D eigenvalue weighted by molar-refractivity contribution is 5.92. The average Bonchev–Trinajstić information content (AvgIpc) is 3.40. The lowest BCUT2D eigenvalue weighted by Gasteiger charge is -2.21. The molecule has 1 aromatic carbocycles. The number of hydrogen-bond donors (Lipinski definition) is 1. The second-order valence-corrected chi connectivity index (χ2v) is 7.94. The van der Waals surface area contributed by atoms with Crippen LogP contribution in [0.25, 0.3) is 16.9 Å². The van der Waals surface area contributed by atoms with Crippen LogP contribution in [-0.4, -0.2) is 26.1 Å². The minimum absolute atomic E-state index is 0.00596. The summed E-state index contributed by atoms with van der Waals surface area (Å²) in [4.78, 5) is 16.5. The molecule has 1 saturated carbocycles. The summed E-state index contributed by atoms with van der Waals surface area (Å²) >= 11 is 0. The number of pyridine rings is 1. The monoisotopic (exact) mass is 364 g/mol. The molecule has 27 heavy (non-hydrogen) atoms. The zero-order valence-corrected chi connectivity index (χ0v) is 15.9. The Balaban J connectivity index is 1.69. The van der Waals surface area contributed by atoms with E-state index in [9.17, 15) is 4.79 Å². The van der Waals surface area contributed by atoms with Crippen LogP contribution < -0.4 is 5.32 Å². The maximum absolute atomic E-state index is 12.0. The van der Waals surface area contributed by atoms with Crippen LogP contribution in [0.5, 0.6) is 0 Å². The van der Waals surface area contributed by atoms with E-state index in [4.69, 9.17) is 4.74 Å². The van der Waals surface area contributed by atoms with Gasteiger partial charge in [-0.25, -0.2) is 4.52 Å². The summed E-state index contributed by atoms with van der Waals surface area (Å²) < 4.78 is 7.75. The van der Waals surface area contributed by atoms with E-state index in [1.807, 2.05) is 51.1 Å². The molecule has 1 aliphatic rings. The molecule has 140 valence electrons. The predicted molar refractivity (Wildman–Crippen MR) is 104 cm³/mol. The van der Waals surface area contributed by atoms with Crippen LogP contribution in [0, 0.1) is 5.92 Å². The van der Waals surface area contributed by atoms with Gasteiger partial charge in [-0.05, 0) is 51.3 Å². The number of nitrogens with one attached hydrogen (secondary N) is 1. The second-order valence-electron chi connectivity index (χ2n) is 7.94. The molecule has 3 aromatic rings. The molecule has 2 aromatic heterocycles. The summed E-state index contributed by atoms with van der Waals surface area (Å²) in [6.45, 7) is 6.64. The Labute approximate surface area is 158 Å². The number of nitrogens with zero attached hydrogens (tertiary/aromatic N) is 3. The second kappa shape index (κ2) is 6.78. The molecule has 1 aliphatic carbocycles. The van der Waals surface area contributed by atoms with Crippen molar-refractivity contribution in [2.75, 3.05) is 5.32 Å². The molecule has 0 bridgehead atoms. The van der Waals surface area contributed by atoms with Crippen molar-refractivity contribution in [3.05, 3.63) is 48.0 Å². The lowest BCUT2D eigenvalue weighted by atomic mass is 10.0. The Morgan fingerprint density at radius 2 is 1.96 bits per heavy atom. The number of hydrogen-bond acceptors (Lipinski definition) is 4. The van der Waals surface area contributed by atoms with Gasteiger partial charge >= 0.3 is 0 Å². The summed E-state index contributed by atoms with van der Waals surface area (Å²) in [6.07, 6.45) is 1.90. The largest absolute Gasteiger partial charge is 0.371 e. The third kappa shape index (κ3) is 4.01. The Morgan fingerprint density at radius 1 is 1.19 bits per heavy atom. The SMILES string of the molecule is CC(C)(C)OCc1ccccc1-c1cccc2nc(NC(=O)C3CC3)nn12. The van der Waals surface area contributed by atoms with Crippen molar-refractivity contribution in [1.82, 2.24) is 14.6 Å². The molecule has 0 radical (unpaired) electrons. The van der Waals surface area contributed by atoms with Crippen LogP contribution in [0.2, 0.25) is 0 Å². The summed E-state index contributed by atoms with van der Waals surface area (Å²) in [5.74, 6) is 0.473. The quantitative estimate of drug-likeness (QED) is 0.741. The van der Waals surface area contributed by atoms with Gasteiger partial charge in [-0.15, -0.1) is 5.10 Å². The van der Waals surface area contributed by atoms with Gasteiger partial charge in [0.1, 0.15) is 0 Å². The molecule has 1 N–H and O–H groups in total. The molecular formula is C21H24N4O2. The Bertz CT molecular complexity index is 983. The van der Waals surface area contributed by atoms with Crippen molar-refractivity contribution in [1.29, 1.82) is 0 Å². The number of fused-ring (bicyclic) bond motifs is 1. The van der Waals surface area contributed by atoms with Crippen LogP contribution in [0.3, 0.4) is 0 Å². The first-order valence-corrected chi connectivity index (χ1v) is 9.30. The fourth-order valence-electron chi connectivity index (χ4n) is 2.91. The first-order chi connectivity index (χ1) is 12.9. The summed E-state index contributed by atoms with van der Waals surface area (Å²) in [5, 5.41) is 7.35. The van der Waals surface area contributed by atoms with Gasteiger partial charge in [0.2, 0.25) is 11.9 Å². The van der Waals surface area contributed by atoms with Gasteiger partial charge in [-0.2, -0.15) is 4.98 Å². The van der Waals surface area contributed by atoms with Crippen LogP contribution in [0.4, 0.5) is 5.95 Å². The molecule has 0 saturated heterocycles. The number of aromatic nitrogens is 3. The van der Waals surface area contributed by atoms with E-state index in [1.165, 1.54) is 0 Å². The topological polar surface area (TPSA) is 68.5 Å². The number of benzene rings is 1. The number of rotatable bonds is 5. The number of carbonyl (C=O) groups is 1. The molecule has 6 heteroatoms. The number of carbonyl (C=O) groups excluding carboxylic acids is 1. The van der Waals surface area contributed by atoms with Gasteiger partial charge in [-0.1, -0.05) is 30.3 Å². The zero-order valence-electron chi connectivity index (χ0n) is 15.9. The highest BCUT2D eigenvalue weighted by Crippen LogP contribution is 2.30. The van der Waals surface area contributed by atoms with Gasteiger partial charge in [-0.3, -0.25) is 10.1 Å². The molecule has 4 rings (SSSR count). The highest BCUT2D eigenvalue weighted by atomic mass is 16.5. The van der Waals surface area contributed by atoms with E-state index < -0.39 is 0 Å². The van der Waals surface area contributed by atoms with Crippen LogP contribution in [0.15, 0.2) is 42.5 Å².